The van der Waals surface area contributed by atoms with Crippen LogP contribution in [0.1, 0.15) is 10.4 Å². The van der Waals surface area contributed by atoms with Gasteiger partial charge in [-0.25, -0.2) is 4.39 Å². The first-order valence-electron chi connectivity index (χ1n) is 5.71. The molecule has 0 aromatic heterocycles. The van der Waals surface area contributed by atoms with Crippen LogP contribution in [0.25, 0.3) is 0 Å². The van der Waals surface area contributed by atoms with Crippen LogP contribution in [0, 0.1) is 5.82 Å². The Hall–Kier alpha value is -2.08. The minimum Gasteiger partial charge on any atom is -0.494 e. The summed E-state index contributed by atoms with van der Waals surface area (Å²) in [6, 6.07) is 9.04. The monoisotopic (exact) mass is 338 g/mol. The molecule has 1 amide bonds. The summed E-state index contributed by atoms with van der Waals surface area (Å²) in [6.07, 6.45) is 0. The van der Waals surface area contributed by atoms with Crippen LogP contribution >= 0.6 is 15.9 Å². The number of nitrogens with one attached hydrogen (secondary N) is 1. The van der Waals surface area contributed by atoms with Crippen LogP contribution in [0.2, 0.25) is 0 Å². The number of carbonyl (C=O) groups is 1. The zero-order chi connectivity index (χ0) is 14.7. The van der Waals surface area contributed by atoms with Crippen LogP contribution < -0.4 is 15.8 Å². The molecule has 2 aromatic carbocycles. The molecule has 0 aliphatic rings. The maximum atomic E-state index is 13.6. The SMILES string of the molecule is COc1ccc(C(=O)Nc2cc(N)ccc2Br)cc1F. The standard InChI is InChI=1S/C14H12BrFN2O2/c1-20-13-5-2-8(6-11(13)16)14(19)18-12-7-9(17)3-4-10(12)15/h2-7H,17H2,1H3,(H,18,19). The zero-order valence-corrected chi connectivity index (χ0v) is 12.2. The molecule has 20 heavy (non-hydrogen) atoms. The second kappa shape index (κ2) is 5.92. The van der Waals surface area contributed by atoms with Crippen molar-refractivity contribution in [2.45, 2.75) is 0 Å². The summed E-state index contributed by atoms with van der Waals surface area (Å²) in [5, 5.41) is 2.66. The van der Waals surface area contributed by atoms with E-state index < -0.39 is 11.7 Å². The van der Waals surface area contributed by atoms with Crippen LogP contribution in [0.3, 0.4) is 0 Å². The van der Waals surface area contributed by atoms with Gasteiger partial charge in [0.2, 0.25) is 0 Å². The van der Waals surface area contributed by atoms with Crippen molar-refractivity contribution in [2.24, 2.45) is 0 Å². The Kier molecular flexibility index (Phi) is 4.24. The molecule has 0 aliphatic carbocycles. The van der Waals surface area contributed by atoms with Gasteiger partial charge in [0.25, 0.3) is 5.91 Å². The Bertz CT molecular complexity index is 662. The van der Waals surface area contributed by atoms with Gasteiger partial charge in [0.15, 0.2) is 11.6 Å². The first-order chi connectivity index (χ1) is 9.51. The Morgan fingerprint density at radius 1 is 1.30 bits per heavy atom. The lowest BCUT2D eigenvalue weighted by molar-refractivity contribution is 0.102. The van der Waals surface area contributed by atoms with Crippen LogP contribution in [0.4, 0.5) is 15.8 Å². The highest BCUT2D eigenvalue weighted by Gasteiger charge is 2.11. The largest absolute Gasteiger partial charge is 0.494 e. The van der Waals surface area contributed by atoms with Gasteiger partial charge in [-0.3, -0.25) is 4.79 Å². The van der Waals surface area contributed by atoms with Crippen LogP contribution in [-0.2, 0) is 0 Å². The summed E-state index contributed by atoms with van der Waals surface area (Å²) in [5.41, 5.74) is 6.89. The molecule has 3 N–H and O–H groups in total. The first-order valence-corrected chi connectivity index (χ1v) is 6.50. The molecule has 4 nitrogen and oxygen atoms in total. The van der Waals surface area contributed by atoms with Crippen LogP contribution in [0.15, 0.2) is 40.9 Å². The van der Waals surface area contributed by atoms with E-state index in [4.69, 9.17) is 10.5 Å². The molecule has 0 saturated carbocycles. The third-order valence-electron chi connectivity index (χ3n) is 2.65. The number of benzene rings is 2. The lowest BCUT2D eigenvalue weighted by atomic mass is 10.2. The summed E-state index contributed by atoms with van der Waals surface area (Å²) < 4.78 is 19.0. The smallest absolute Gasteiger partial charge is 0.255 e. The molecule has 6 heteroatoms. The maximum absolute atomic E-state index is 13.6. The van der Waals surface area contributed by atoms with E-state index in [-0.39, 0.29) is 11.3 Å². The fourth-order valence-corrected chi connectivity index (χ4v) is 1.99. The Morgan fingerprint density at radius 3 is 2.70 bits per heavy atom. The maximum Gasteiger partial charge on any atom is 0.255 e. The molecule has 2 rings (SSSR count). The third kappa shape index (κ3) is 3.08. The van der Waals surface area contributed by atoms with Gasteiger partial charge in [-0.15, -0.1) is 0 Å². The molecule has 0 unspecified atom stereocenters. The van der Waals surface area contributed by atoms with Gasteiger partial charge in [-0.1, -0.05) is 0 Å². The zero-order valence-electron chi connectivity index (χ0n) is 10.6. The number of amides is 1. The molecule has 0 saturated heterocycles. The quantitative estimate of drug-likeness (QED) is 0.842. The number of rotatable bonds is 3. The second-order valence-electron chi connectivity index (χ2n) is 4.04. The van der Waals surface area contributed by atoms with E-state index in [2.05, 4.69) is 21.2 Å². The Balaban J connectivity index is 2.24. The minimum atomic E-state index is -0.591. The molecule has 0 heterocycles. The average Bonchev–Trinajstić information content (AvgIpc) is 2.42. The predicted molar refractivity (Wildman–Crippen MR) is 79.5 cm³/mol. The molecule has 0 aliphatic heterocycles. The summed E-state index contributed by atoms with van der Waals surface area (Å²) in [5.74, 6) is -0.934. The number of anilines is 2. The summed E-state index contributed by atoms with van der Waals surface area (Å²) in [7, 11) is 1.36. The van der Waals surface area contributed by atoms with E-state index >= 15 is 0 Å². The van der Waals surface area contributed by atoms with E-state index in [0.29, 0.717) is 15.8 Å². The van der Waals surface area contributed by atoms with Gasteiger partial charge < -0.3 is 15.8 Å². The average molecular weight is 339 g/mol. The van der Waals surface area contributed by atoms with Crippen LogP contribution in [-0.4, -0.2) is 13.0 Å². The van der Waals surface area contributed by atoms with Gasteiger partial charge in [-0.05, 0) is 52.3 Å². The topological polar surface area (TPSA) is 64.3 Å². The Morgan fingerprint density at radius 2 is 2.05 bits per heavy atom. The van der Waals surface area contributed by atoms with Crippen molar-refractivity contribution >= 4 is 33.2 Å². The Labute approximate surface area is 123 Å². The number of carbonyl (C=O) groups excluding carboxylic acids is 1. The van der Waals surface area contributed by atoms with Crippen molar-refractivity contribution in [1.29, 1.82) is 0 Å². The summed E-state index contributed by atoms with van der Waals surface area (Å²) in [6.45, 7) is 0. The number of halogens is 2. The highest BCUT2D eigenvalue weighted by atomic mass is 79.9. The van der Waals surface area contributed by atoms with Crippen molar-refractivity contribution in [2.75, 3.05) is 18.2 Å². The molecule has 0 atom stereocenters. The summed E-state index contributed by atoms with van der Waals surface area (Å²) >= 11 is 3.30. The predicted octanol–water partition coefficient (Wildman–Crippen LogP) is 3.43. The van der Waals surface area contributed by atoms with Gasteiger partial charge >= 0.3 is 0 Å². The molecule has 0 fully saturated rings. The van der Waals surface area contributed by atoms with Crippen molar-refractivity contribution in [3.05, 3.63) is 52.3 Å². The third-order valence-corrected chi connectivity index (χ3v) is 3.34. The molecule has 2 aromatic rings. The molecule has 0 spiro atoms. The van der Waals surface area contributed by atoms with E-state index in [1.54, 1.807) is 18.2 Å². The number of hydrogen-bond acceptors (Lipinski definition) is 3. The molecular weight excluding hydrogens is 327 g/mol. The van der Waals surface area contributed by atoms with Crippen molar-refractivity contribution in [1.82, 2.24) is 0 Å². The number of methoxy groups -OCH3 is 1. The minimum absolute atomic E-state index is 0.0895. The highest BCUT2D eigenvalue weighted by Crippen LogP contribution is 2.25. The van der Waals surface area contributed by atoms with E-state index in [9.17, 15) is 9.18 Å². The first kappa shape index (κ1) is 14.3. The fourth-order valence-electron chi connectivity index (χ4n) is 1.64. The van der Waals surface area contributed by atoms with Gasteiger partial charge in [0, 0.05) is 15.7 Å². The molecule has 0 bridgehead atoms. The number of nitrogens with two attached hydrogens (primary N) is 1. The van der Waals surface area contributed by atoms with Crippen molar-refractivity contribution < 1.29 is 13.9 Å². The fraction of sp³-hybridized carbons (Fsp3) is 0.0714. The van der Waals surface area contributed by atoms with E-state index in [1.165, 1.54) is 19.2 Å². The highest BCUT2D eigenvalue weighted by molar-refractivity contribution is 9.10. The van der Waals surface area contributed by atoms with Gasteiger partial charge in [-0.2, -0.15) is 0 Å². The van der Waals surface area contributed by atoms with Crippen LogP contribution in [0.5, 0.6) is 5.75 Å². The van der Waals surface area contributed by atoms with Crippen molar-refractivity contribution in [3.63, 3.8) is 0 Å². The van der Waals surface area contributed by atoms with E-state index in [1.807, 2.05) is 0 Å². The second-order valence-corrected chi connectivity index (χ2v) is 4.90. The molecule has 0 radical (unpaired) electrons. The van der Waals surface area contributed by atoms with E-state index in [0.717, 1.165) is 6.07 Å². The number of ether oxygens (including phenoxy) is 1. The van der Waals surface area contributed by atoms with Crippen molar-refractivity contribution in [3.8, 4) is 5.75 Å². The lowest BCUT2D eigenvalue weighted by Gasteiger charge is -2.09. The lowest BCUT2D eigenvalue weighted by Crippen LogP contribution is -2.13. The molecular formula is C14H12BrFN2O2. The number of hydrogen-bond donors (Lipinski definition) is 2. The van der Waals surface area contributed by atoms with Gasteiger partial charge in [0.1, 0.15) is 0 Å². The normalized spacial score (nSPS) is 10.2. The summed E-state index contributed by atoms with van der Waals surface area (Å²) in [4.78, 5) is 12.0. The van der Waals surface area contributed by atoms with Gasteiger partial charge in [0.05, 0.1) is 12.8 Å². The molecule has 104 valence electrons. The number of nitrogen functional groups attached to an aromatic ring is 1.